The Hall–Kier alpha value is -2.57. The van der Waals surface area contributed by atoms with E-state index in [1.54, 1.807) is 22.7 Å². The van der Waals surface area contributed by atoms with Gasteiger partial charge in [-0.3, -0.25) is 0 Å². The number of carbonyl (C=O) groups is 1. The SMILES string of the molecule is COC(=O)c1cn2cc(C(N)=NO)ccc2n1. The van der Waals surface area contributed by atoms with Crippen LogP contribution in [0.15, 0.2) is 29.7 Å². The van der Waals surface area contributed by atoms with Gasteiger partial charge in [0.05, 0.1) is 7.11 Å². The zero-order valence-electron chi connectivity index (χ0n) is 8.99. The lowest BCUT2D eigenvalue weighted by atomic mass is 10.2. The van der Waals surface area contributed by atoms with E-state index in [9.17, 15) is 4.79 Å². The molecule has 0 saturated heterocycles. The van der Waals surface area contributed by atoms with E-state index in [0.29, 0.717) is 11.2 Å². The van der Waals surface area contributed by atoms with Gasteiger partial charge in [0, 0.05) is 18.0 Å². The summed E-state index contributed by atoms with van der Waals surface area (Å²) in [6, 6.07) is 3.29. The summed E-state index contributed by atoms with van der Waals surface area (Å²) in [6.07, 6.45) is 3.11. The summed E-state index contributed by atoms with van der Waals surface area (Å²) >= 11 is 0. The first-order valence-electron chi connectivity index (χ1n) is 4.70. The molecule has 0 bridgehead atoms. The van der Waals surface area contributed by atoms with Crippen LogP contribution in [-0.2, 0) is 4.74 Å². The molecular formula is C10H10N4O3. The van der Waals surface area contributed by atoms with E-state index in [1.165, 1.54) is 13.3 Å². The molecule has 0 aliphatic rings. The Bertz CT molecular complexity index is 603. The zero-order valence-corrected chi connectivity index (χ0v) is 8.99. The van der Waals surface area contributed by atoms with Crippen molar-refractivity contribution in [3.8, 4) is 0 Å². The molecule has 2 aromatic rings. The summed E-state index contributed by atoms with van der Waals surface area (Å²) in [7, 11) is 1.29. The van der Waals surface area contributed by atoms with Crippen molar-refractivity contribution in [2.75, 3.05) is 7.11 Å². The highest BCUT2D eigenvalue weighted by molar-refractivity contribution is 5.97. The number of ether oxygens (including phenoxy) is 1. The molecule has 0 fully saturated rings. The van der Waals surface area contributed by atoms with Gasteiger partial charge in [-0.25, -0.2) is 9.78 Å². The van der Waals surface area contributed by atoms with E-state index in [0.717, 1.165) is 0 Å². The molecule has 7 nitrogen and oxygen atoms in total. The highest BCUT2D eigenvalue weighted by Gasteiger charge is 2.11. The standard InChI is InChI=1S/C10H10N4O3/c1-17-10(15)7-5-14-4-6(9(11)13-16)2-3-8(14)12-7/h2-5,16H,1H3,(H2,11,13). The first-order chi connectivity index (χ1) is 8.15. The van der Waals surface area contributed by atoms with Gasteiger partial charge in [-0.2, -0.15) is 0 Å². The second kappa shape index (κ2) is 4.12. The summed E-state index contributed by atoms with van der Waals surface area (Å²) < 4.78 is 6.16. The second-order valence-corrected chi connectivity index (χ2v) is 3.29. The number of rotatable bonds is 2. The maximum absolute atomic E-state index is 11.3. The van der Waals surface area contributed by atoms with Crippen molar-refractivity contribution >= 4 is 17.5 Å². The van der Waals surface area contributed by atoms with Crippen molar-refractivity contribution in [1.82, 2.24) is 9.38 Å². The van der Waals surface area contributed by atoms with Crippen molar-refractivity contribution in [3.05, 3.63) is 35.8 Å². The molecule has 0 radical (unpaired) electrons. The van der Waals surface area contributed by atoms with Crippen LogP contribution in [0.5, 0.6) is 0 Å². The average molecular weight is 234 g/mol. The number of methoxy groups -OCH3 is 1. The lowest BCUT2D eigenvalue weighted by Crippen LogP contribution is -2.13. The third-order valence-electron chi connectivity index (χ3n) is 2.25. The number of nitrogens with two attached hydrogens (primary N) is 1. The van der Waals surface area contributed by atoms with Gasteiger partial charge in [0.1, 0.15) is 5.65 Å². The fourth-order valence-corrected chi connectivity index (χ4v) is 1.40. The van der Waals surface area contributed by atoms with E-state index in [4.69, 9.17) is 10.9 Å². The van der Waals surface area contributed by atoms with Crippen LogP contribution in [0.3, 0.4) is 0 Å². The highest BCUT2D eigenvalue weighted by atomic mass is 16.5. The Kier molecular flexibility index (Phi) is 2.65. The van der Waals surface area contributed by atoms with Gasteiger partial charge in [-0.15, -0.1) is 0 Å². The lowest BCUT2D eigenvalue weighted by molar-refractivity contribution is 0.0595. The molecule has 17 heavy (non-hydrogen) atoms. The van der Waals surface area contributed by atoms with Crippen LogP contribution in [-0.4, -0.2) is 33.5 Å². The maximum Gasteiger partial charge on any atom is 0.358 e. The number of carbonyl (C=O) groups excluding carboxylic acids is 1. The molecule has 0 aromatic carbocycles. The molecule has 0 aliphatic heterocycles. The van der Waals surface area contributed by atoms with Crippen molar-refractivity contribution in [1.29, 1.82) is 0 Å². The number of aromatic nitrogens is 2. The number of hydrogen-bond donors (Lipinski definition) is 2. The average Bonchev–Trinajstić information content (AvgIpc) is 2.79. The Morgan fingerprint density at radius 3 is 2.94 bits per heavy atom. The minimum Gasteiger partial charge on any atom is -0.464 e. The van der Waals surface area contributed by atoms with Crippen molar-refractivity contribution < 1.29 is 14.7 Å². The van der Waals surface area contributed by atoms with E-state index in [2.05, 4.69) is 14.9 Å². The Morgan fingerprint density at radius 1 is 1.53 bits per heavy atom. The zero-order chi connectivity index (χ0) is 12.4. The van der Waals surface area contributed by atoms with Crippen molar-refractivity contribution in [2.24, 2.45) is 10.9 Å². The van der Waals surface area contributed by atoms with Crippen LogP contribution < -0.4 is 5.73 Å². The fourth-order valence-electron chi connectivity index (χ4n) is 1.40. The van der Waals surface area contributed by atoms with Gasteiger partial charge in [-0.05, 0) is 12.1 Å². The van der Waals surface area contributed by atoms with Crippen LogP contribution in [0.25, 0.3) is 5.65 Å². The van der Waals surface area contributed by atoms with Gasteiger partial charge in [0.15, 0.2) is 11.5 Å². The smallest absolute Gasteiger partial charge is 0.358 e. The largest absolute Gasteiger partial charge is 0.464 e. The molecule has 0 spiro atoms. The van der Waals surface area contributed by atoms with Gasteiger partial charge >= 0.3 is 5.97 Å². The Morgan fingerprint density at radius 2 is 2.29 bits per heavy atom. The summed E-state index contributed by atoms with van der Waals surface area (Å²) in [5.74, 6) is -0.528. The summed E-state index contributed by atoms with van der Waals surface area (Å²) in [5.41, 5.74) is 6.74. The molecule has 2 heterocycles. The van der Waals surface area contributed by atoms with E-state index >= 15 is 0 Å². The molecule has 0 saturated carbocycles. The number of oxime groups is 1. The molecule has 7 heteroatoms. The highest BCUT2D eigenvalue weighted by Crippen LogP contribution is 2.08. The topological polar surface area (TPSA) is 102 Å². The van der Waals surface area contributed by atoms with Gasteiger partial charge in [-0.1, -0.05) is 5.16 Å². The Balaban J connectivity index is 2.51. The lowest BCUT2D eigenvalue weighted by Gasteiger charge is -1.98. The van der Waals surface area contributed by atoms with Crippen molar-refractivity contribution in [2.45, 2.75) is 0 Å². The first-order valence-corrected chi connectivity index (χ1v) is 4.70. The predicted octanol–water partition coefficient (Wildman–Crippen LogP) is 0.215. The maximum atomic E-state index is 11.3. The van der Waals surface area contributed by atoms with Crippen LogP contribution >= 0.6 is 0 Å². The molecule has 0 amide bonds. The number of nitrogens with zero attached hydrogens (tertiary/aromatic N) is 3. The van der Waals surface area contributed by atoms with Crippen LogP contribution in [0.2, 0.25) is 0 Å². The summed E-state index contributed by atoms with van der Waals surface area (Å²) in [5, 5.41) is 11.4. The molecule has 0 unspecified atom stereocenters. The van der Waals surface area contributed by atoms with Crippen LogP contribution in [0, 0.1) is 0 Å². The first kappa shape index (κ1) is 10.9. The molecule has 0 aliphatic carbocycles. The minimum absolute atomic E-state index is 0.0137. The molecule has 88 valence electrons. The molecule has 3 N–H and O–H groups in total. The van der Waals surface area contributed by atoms with Gasteiger partial charge in [0.2, 0.25) is 0 Å². The number of esters is 1. The van der Waals surface area contributed by atoms with E-state index in [-0.39, 0.29) is 11.5 Å². The third kappa shape index (κ3) is 1.89. The predicted molar refractivity (Wildman–Crippen MR) is 59.0 cm³/mol. The van der Waals surface area contributed by atoms with Crippen LogP contribution in [0.1, 0.15) is 16.1 Å². The third-order valence-corrected chi connectivity index (χ3v) is 2.25. The van der Waals surface area contributed by atoms with E-state index < -0.39 is 5.97 Å². The quantitative estimate of drug-likeness (QED) is 0.254. The summed E-state index contributed by atoms with van der Waals surface area (Å²) in [4.78, 5) is 15.3. The normalized spacial score (nSPS) is 11.7. The minimum atomic E-state index is -0.515. The number of amidine groups is 1. The number of fused-ring (bicyclic) bond motifs is 1. The number of hydrogen-bond acceptors (Lipinski definition) is 5. The molecule has 2 aromatic heterocycles. The van der Waals surface area contributed by atoms with Gasteiger partial charge < -0.3 is 20.1 Å². The number of pyridine rings is 1. The fraction of sp³-hybridized carbons (Fsp3) is 0.100. The molecule has 2 rings (SSSR count). The number of imidazole rings is 1. The molecule has 0 atom stereocenters. The molecular weight excluding hydrogens is 224 g/mol. The van der Waals surface area contributed by atoms with Crippen LogP contribution in [0.4, 0.5) is 0 Å². The van der Waals surface area contributed by atoms with Gasteiger partial charge in [0.25, 0.3) is 0 Å². The summed E-state index contributed by atoms with van der Waals surface area (Å²) in [6.45, 7) is 0. The second-order valence-electron chi connectivity index (χ2n) is 3.29. The monoisotopic (exact) mass is 234 g/mol. The van der Waals surface area contributed by atoms with E-state index in [1.807, 2.05) is 0 Å². The van der Waals surface area contributed by atoms with Crippen molar-refractivity contribution in [3.63, 3.8) is 0 Å². The Labute approximate surface area is 96.1 Å².